The lowest BCUT2D eigenvalue weighted by atomic mass is 10.1. The summed E-state index contributed by atoms with van der Waals surface area (Å²) in [6.45, 7) is 3.48. The molecule has 3 aromatic rings. The number of nitrogens with one attached hydrogen (secondary N) is 2. The quantitative estimate of drug-likeness (QED) is 0.542. The van der Waals surface area contributed by atoms with Gasteiger partial charge in [-0.25, -0.2) is 0 Å². The number of carbonyl (C=O) groups excluding carboxylic acids is 2. The van der Waals surface area contributed by atoms with Crippen molar-refractivity contribution in [1.82, 2.24) is 5.32 Å². The van der Waals surface area contributed by atoms with Crippen molar-refractivity contribution in [2.24, 2.45) is 5.92 Å². The van der Waals surface area contributed by atoms with Crippen LogP contribution in [-0.4, -0.2) is 38.1 Å². The zero-order chi connectivity index (χ0) is 22.6. The summed E-state index contributed by atoms with van der Waals surface area (Å²) in [5.74, 6) is 0.194. The third-order valence-electron chi connectivity index (χ3n) is 5.94. The molecule has 170 valence electrons. The van der Waals surface area contributed by atoms with E-state index < -0.39 is 0 Å². The van der Waals surface area contributed by atoms with Crippen LogP contribution in [-0.2, 0) is 16.1 Å². The van der Waals surface area contributed by atoms with Crippen LogP contribution in [0.2, 0.25) is 0 Å². The van der Waals surface area contributed by atoms with Crippen molar-refractivity contribution in [2.45, 2.75) is 19.4 Å². The van der Waals surface area contributed by atoms with E-state index in [1.165, 1.54) is 11.3 Å². The van der Waals surface area contributed by atoms with Gasteiger partial charge in [0, 0.05) is 36.8 Å². The molecule has 2 N–H and O–H groups in total. The zero-order valence-electron chi connectivity index (χ0n) is 18.4. The van der Waals surface area contributed by atoms with Crippen LogP contribution in [0.15, 0.2) is 60.7 Å². The molecule has 1 saturated heterocycles. The first-order valence-electron chi connectivity index (χ1n) is 11.4. The molecule has 2 aliphatic rings. The van der Waals surface area contributed by atoms with Crippen LogP contribution in [0.25, 0.3) is 11.1 Å². The minimum absolute atomic E-state index is 0.0807. The van der Waals surface area contributed by atoms with E-state index in [1.54, 1.807) is 0 Å². The van der Waals surface area contributed by atoms with E-state index in [4.69, 9.17) is 4.74 Å². The van der Waals surface area contributed by atoms with Gasteiger partial charge in [0.15, 0.2) is 0 Å². The summed E-state index contributed by atoms with van der Waals surface area (Å²) >= 11 is 1.53. The van der Waals surface area contributed by atoms with Gasteiger partial charge in [0.25, 0.3) is 5.91 Å². The molecule has 2 amide bonds. The van der Waals surface area contributed by atoms with Gasteiger partial charge in [-0.1, -0.05) is 42.5 Å². The normalized spacial score (nSPS) is 15.8. The lowest BCUT2D eigenvalue weighted by Gasteiger charge is -2.28. The van der Waals surface area contributed by atoms with E-state index in [0.29, 0.717) is 24.6 Å². The molecule has 0 radical (unpaired) electrons. The Kier molecular flexibility index (Phi) is 6.41. The number of hydrogen-bond acceptors (Lipinski definition) is 5. The molecule has 1 aliphatic carbocycles. The molecular formula is C26H27N3O3S. The smallest absolute Gasteiger partial charge is 0.261 e. The summed E-state index contributed by atoms with van der Waals surface area (Å²) in [4.78, 5) is 27.9. The number of amides is 2. The third kappa shape index (κ3) is 5.26. The maximum atomic E-state index is 13.0. The van der Waals surface area contributed by atoms with E-state index in [2.05, 4.69) is 27.7 Å². The number of rotatable bonds is 7. The van der Waals surface area contributed by atoms with Crippen LogP contribution >= 0.6 is 11.3 Å². The van der Waals surface area contributed by atoms with Gasteiger partial charge in [-0.05, 0) is 42.2 Å². The minimum atomic E-state index is -0.0807. The lowest BCUT2D eigenvalue weighted by Crippen LogP contribution is -2.35. The fourth-order valence-electron chi connectivity index (χ4n) is 3.88. The standard InChI is InChI=1S/C26H27N3O3S/c30-24(20-8-9-20)28-21-10-6-18(7-11-21)17-27-25(31)23-16-22(19-4-2-1-3-5-19)26(33-23)29-12-14-32-15-13-29/h1-7,10-11,16,20H,8-9,12-15,17H2,(H,27,31)(H,28,30). The molecule has 1 aliphatic heterocycles. The van der Waals surface area contributed by atoms with Crippen molar-refractivity contribution < 1.29 is 14.3 Å². The van der Waals surface area contributed by atoms with Crippen LogP contribution in [0.1, 0.15) is 28.1 Å². The molecule has 2 heterocycles. The highest BCUT2D eigenvalue weighted by Crippen LogP contribution is 2.39. The Morgan fingerprint density at radius 1 is 1.00 bits per heavy atom. The topological polar surface area (TPSA) is 70.7 Å². The Labute approximate surface area is 197 Å². The summed E-state index contributed by atoms with van der Waals surface area (Å²) in [5, 5.41) is 7.10. The van der Waals surface area contributed by atoms with Crippen LogP contribution in [0.3, 0.4) is 0 Å². The predicted octanol–water partition coefficient (Wildman–Crippen LogP) is 4.53. The summed E-state index contributed by atoms with van der Waals surface area (Å²) in [7, 11) is 0. The molecule has 33 heavy (non-hydrogen) atoms. The van der Waals surface area contributed by atoms with Gasteiger partial charge in [-0.3, -0.25) is 9.59 Å². The Morgan fingerprint density at radius 2 is 1.73 bits per heavy atom. The molecule has 5 rings (SSSR count). The molecule has 2 aromatic carbocycles. The van der Waals surface area contributed by atoms with E-state index in [0.717, 1.165) is 53.3 Å². The monoisotopic (exact) mass is 461 g/mol. The molecular weight excluding hydrogens is 434 g/mol. The molecule has 1 saturated carbocycles. The summed E-state index contributed by atoms with van der Waals surface area (Å²) < 4.78 is 5.51. The van der Waals surface area contributed by atoms with Gasteiger partial charge in [-0.2, -0.15) is 0 Å². The third-order valence-corrected chi connectivity index (χ3v) is 7.14. The summed E-state index contributed by atoms with van der Waals surface area (Å²) in [6.07, 6.45) is 1.97. The second kappa shape index (κ2) is 9.77. The average Bonchev–Trinajstić information content (AvgIpc) is 3.63. The number of benzene rings is 2. The maximum Gasteiger partial charge on any atom is 0.261 e. The van der Waals surface area contributed by atoms with Gasteiger partial charge in [0.2, 0.25) is 5.91 Å². The van der Waals surface area contributed by atoms with Crippen LogP contribution < -0.4 is 15.5 Å². The van der Waals surface area contributed by atoms with E-state index in [-0.39, 0.29) is 17.7 Å². The first-order valence-corrected chi connectivity index (χ1v) is 12.2. The van der Waals surface area contributed by atoms with Crippen LogP contribution in [0.4, 0.5) is 10.7 Å². The van der Waals surface area contributed by atoms with Gasteiger partial charge in [-0.15, -0.1) is 11.3 Å². The van der Waals surface area contributed by atoms with Crippen molar-refractivity contribution >= 4 is 33.8 Å². The molecule has 1 aromatic heterocycles. The zero-order valence-corrected chi connectivity index (χ0v) is 19.2. The Bertz CT molecular complexity index is 1120. The number of nitrogens with zero attached hydrogens (tertiary/aromatic N) is 1. The van der Waals surface area contributed by atoms with E-state index in [9.17, 15) is 9.59 Å². The Balaban J connectivity index is 1.27. The number of morpholine rings is 1. The minimum Gasteiger partial charge on any atom is -0.378 e. The van der Waals surface area contributed by atoms with Crippen LogP contribution in [0.5, 0.6) is 0 Å². The fraction of sp³-hybridized carbons (Fsp3) is 0.308. The van der Waals surface area contributed by atoms with Crippen molar-refractivity contribution in [2.75, 3.05) is 36.5 Å². The largest absolute Gasteiger partial charge is 0.378 e. The number of carbonyl (C=O) groups is 2. The first kappa shape index (κ1) is 21.7. The maximum absolute atomic E-state index is 13.0. The second-order valence-corrected chi connectivity index (χ2v) is 9.47. The van der Waals surface area contributed by atoms with E-state index in [1.807, 2.05) is 48.5 Å². The highest BCUT2D eigenvalue weighted by molar-refractivity contribution is 7.18. The lowest BCUT2D eigenvalue weighted by molar-refractivity contribution is -0.117. The van der Waals surface area contributed by atoms with Gasteiger partial charge < -0.3 is 20.3 Å². The average molecular weight is 462 g/mol. The summed E-state index contributed by atoms with van der Waals surface area (Å²) in [6, 6.07) is 19.8. The Hall–Kier alpha value is -3.16. The number of hydrogen-bond donors (Lipinski definition) is 2. The second-order valence-electron chi connectivity index (χ2n) is 8.44. The first-order chi connectivity index (χ1) is 16.2. The highest BCUT2D eigenvalue weighted by atomic mass is 32.1. The van der Waals surface area contributed by atoms with Crippen molar-refractivity contribution in [3.8, 4) is 11.1 Å². The number of thiophene rings is 1. The molecule has 6 nitrogen and oxygen atoms in total. The number of ether oxygens (including phenoxy) is 1. The van der Waals surface area contributed by atoms with Crippen molar-refractivity contribution in [3.63, 3.8) is 0 Å². The molecule has 0 bridgehead atoms. The number of anilines is 2. The van der Waals surface area contributed by atoms with Crippen molar-refractivity contribution in [3.05, 3.63) is 71.1 Å². The van der Waals surface area contributed by atoms with Gasteiger partial charge in [0.05, 0.1) is 23.1 Å². The van der Waals surface area contributed by atoms with Gasteiger partial charge >= 0.3 is 0 Å². The summed E-state index contributed by atoms with van der Waals surface area (Å²) in [5.41, 5.74) is 3.98. The molecule has 0 atom stereocenters. The molecule has 0 spiro atoms. The van der Waals surface area contributed by atoms with Gasteiger partial charge in [0.1, 0.15) is 0 Å². The van der Waals surface area contributed by atoms with Crippen LogP contribution in [0, 0.1) is 5.92 Å². The highest BCUT2D eigenvalue weighted by Gasteiger charge is 2.29. The van der Waals surface area contributed by atoms with Crippen molar-refractivity contribution in [1.29, 1.82) is 0 Å². The Morgan fingerprint density at radius 3 is 2.42 bits per heavy atom. The molecule has 0 unspecified atom stereocenters. The molecule has 2 fully saturated rings. The van der Waals surface area contributed by atoms with E-state index >= 15 is 0 Å². The SMILES string of the molecule is O=C(NCc1ccc(NC(=O)C2CC2)cc1)c1cc(-c2ccccc2)c(N2CCOCC2)s1. The fourth-order valence-corrected chi connectivity index (χ4v) is 5.03. The molecule has 7 heteroatoms. The predicted molar refractivity (Wildman–Crippen MR) is 132 cm³/mol.